The second kappa shape index (κ2) is 11.4. The molecule has 0 aromatic carbocycles. The molecule has 0 saturated carbocycles. The molecule has 0 spiro atoms. The lowest BCUT2D eigenvalue weighted by atomic mass is 10.1. The van der Waals surface area contributed by atoms with Crippen LogP contribution in [0.15, 0.2) is 10.5 Å². The molecule has 3 heterocycles. The number of methoxy groups -OCH3 is 1. The van der Waals surface area contributed by atoms with Crippen molar-refractivity contribution in [2.24, 2.45) is 0 Å². The number of hydrogen-bond donors (Lipinski definition) is 1. The van der Waals surface area contributed by atoms with Gasteiger partial charge in [-0.3, -0.25) is 9.59 Å². The predicted octanol–water partition coefficient (Wildman–Crippen LogP) is 4.49. The van der Waals surface area contributed by atoms with E-state index in [1.54, 1.807) is 32.4 Å². The second-order valence-corrected chi connectivity index (χ2v) is 10.9. The first-order valence-corrected chi connectivity index (χ1v) is 13.7. The van der Waals surface area contributed by atoms with Crippen molar-refractivity contribution in [3.63, 3.8) is 0 Å². The Morgan fingerprint density at radius 3 is 2.51 bits per heavy atom. The molecule has 0 radical (unpaired) electrons. The minimum Gasteiger partial charge on any atom is -0.465 e. The molecule has 3 rings (SSSR count). The van der Waals surface area contributed by atoms with Crippen LogP contribution in [0.4, 0.5) is 5.00 Å². The number of thiophene rings is 2. The summed E-state index contributed by atoms with van der Waals surface area (Å²) in [5.74, 6) is -0.307. The Kier molecular flexibility index (Phi) is 8.73. The van der Waals surface area contributed by atoms with Crippen molar-refractivity contribution in [2.75, 3.05) is 32.3 Å². The van der Waals surface area contributed by atoms with Crippen LogP contribution >= 0.6 is 34.4 Å². The molecule has 1 N–H and O–H groups in total. The van der Waals surface area contributed by atoms with E-state index in [-0.39, 0.29) is 23.1 Å². The standard InChI is InChI=1S/C23H29N5O4S3/c1-8-14-13(4)33-10-15(14)19-25-26-23(28(19)9-2)34-11-16(29)24-20-17(22(31)32-7)12(3)18(35-20)21(30)27(5)6/h10H,8-9,11H2,1-7H3,(H,24,29). The van der Waals surface area contributed by atoms with Crippen molar-refractivity contribution < 1.29 is 19.1 Å². The summed E-state index contributed by atoms with van der Waals surface area (Å²) in [4.78, 5) is 40.8. The zero-order valence-corrected chi connectivity index (χ0v) is 23.3. The summed E-state index contributed by atoms with van der Waals surface area (Å²) in [7, 11) is 4.53. The smallest absolute Gasteiger partial charge is 0.341 e. The van der Waals surface area contributed by atoms with Gasteiger partial charge in [-0.15, -0.1) is 32.9 Å². The van der Waals surface area contributed by atoms with Crippen molar-refractivity contribution in [2.45, 2.75) is 45.8 Å². The van der Waals surface area contributed by atoms with Gasteiger partial charge in [0.05, 0.1) is 23.3 Å². The van der Waals surface area contributed by atoms with Crippen molar-refractivity contribution in [3.05, 3.63) is 31.8 Å². The molecule has 0 fully saturated rings. The van der Waals surface area contributed by atoms with E-state index in [1.165, 1.54) is 34.2 Å². The summed E-state index contributed by atoms with van der Waals surface area (Å²) in [6.07, 6.45) is 0.910. The van der Waals surface area contributed by atoms with Gasteiger partial charge in [-0.25, -0.2) is 4.79 Å². The minimum atomic E-state index is -0.604. The summed E-state index contributed by atoms with van der Waals surface area (Å²) < 4.78 is 6.88. The number of aromatic nitrogens is 3. The monoisotopic (exact) mass is 535 g/mol. The van der Waals surface area contributed by atoms with Gasteiger partial charge in [-0.2, -0.15) is 0 Å². The average molecular weight is 536 g/mol. The highest BCUT2D eigenvalue weighted by Crippen LogP contribution is 2.35. The first kappa shape index (κ1) is 26.9. The van der Waals surface area contributed by atoms with Crippen LogP contribution in [0, 0.1) is 13.8 Å². The van der Waals surface area contributed by atoms with Crippen molar-refractivity contribution in [1.82, 2.24) is 19.7 Å². The van der Waals surface area contributed by atoms with Gasteiger partial charge < -0.3 is 19.5 Å². The van der Waals surface area contributed by atoms with E-state index in [1.807, 2.05) is 11.5 Å². The lowest BCUT2D eigenvalue weighted by Gasteiger charge is -2.09. The number of esters is 1. The molecular formula is C23H29N5O4S3. The van der Waals surface area contributed by atoms with Crippen LogP contribution in [0.25, 0.3) is 11.4 Å². The molecule has 0 aliphatic heterocycles. The summed E-state index contributed by atoms with van der Waals surface area (Å²) in [6.45, 7) is 8.58. The largest absolute Gasteiger partial charge is 0.465 e. The van der Waals surface area contributed by atoms with Gasteiger partial charge in [0.25, 0.3) is 5.91 Å². The Labute approximate surface area is 216 Å². The van der Waals surface area contributed by atoms with Crippen LogP contribution in [0.3, 0.4) is 0 Å². The summed E-state index contributed by atoms with van der Waals surface area (Å²) in [6, 6.07) is 0. The van der Waals surface area contributed by atoms with Gasteiger partial charge in [0, 0.05) is 36.5 Å². The molecule has 3 aromatic heterocycles. The Bertz CT molecular complexity index is 1260. The van der Waals surface area contributed by atoms with E-state index < -0.39 is 5.97 Å². The highest BCUT2D eigenvalue weighted by molar-refractivity contribution is 7.99. The van der Waals surface area contributed by atoms with Gasteiger partial charge >= 0.3 is 5.97 Å². The third-order valence-corrected chi connectivity index (χ3v) is 8.57. The zero-order chi connectivity index (χ0) is 25.9. The number of thioether (sulfide) groups is 1. The lowest BCUT2D eigenvalue weighted by Crippen LogP contribution is -2.21. The highest BCUT2D eigenvalue weighted by atomic mass is 32.2. The molecule has 9 nitrogen and oxygen atoms in total. The molecule has 0 aliphatic rings. The molecule has 0 aliphatic carbocycles. The van der Waals surface area contributed by atoms with E-state index in [4.69, 9.17) is 4.74 Å². The third kappa shape index (κ3) is 5.44. The first-order chi connectivity index (χ1) is 16.6. The van der Waals surface area contributed by atoms with Gasteiger partial charge in [-0.1, -0.05) is 18.7 Å². The second-order valence-electron chi connectivity index (χ2n) is 7.88. The number of rotatable bonds is 9. The number of nitrogens with one attached hydrogen (secondary N) is 1. The van der Waals surface area contributed by atoms with Crippen molar-refractivity contribution in [3.8, 4) is 11.4 Å². The van der Waals surface area contributed by atoms with Crippen molar-refractivity contribution in [1.29, 1.82) is 0 Å². The van der Waals surface area contributed by atoms with Crippen LogP contribution in [-0.2, 0) is 22.5 Å². The number of carbonyl (C=O) groups excluding carboxylic acids is 3. The van der Waals surface area contributed by atoms with E-state index in [0.29, 0.717) is 27.1 Å². The fourth-order valence-corrected chi connectivity index (χ4v) is 6.61. The molecule has 0 bridgehead atoms. The van der Waals surface area contributed by atoms with E-state index in [9.17, 15) is 14.4 Å². The average Bonchev–Trinajstić information content (AvgIpc) is 3.50. The molecule has 12 heteroatoms. The maximum absolute atomic E-state index is 12.8. The Hall–Kier alpha value is -2.70. The molecule has 35 heavy (non-hydrogen) atoms. The van der Waals surface area contributed by atoms with Crippen LogP contribution in [0.5, 0.6) is 0 Å². The normalized spacial score (nSPS) is 10.9. The topological polar surface area (TPSA) is 106 Å². The number of carbonyl (C=O) groups is 3. The Balaban J connectivity index is 1.80. The van der Waals surface area contributed by atoms with Crippen molar-refractivity contribution >= 4 is 57.2 Å². The Morgan fingerprint density at radius 1 is 1.20 bits per heavy atom. The van der Waals surface area contributed by atoms with Gasteiger partial charge in [-0.05, 0) is 38.3 Å². The third-order valence-electron chi connectivity index (χ3n) is 5.45. The summed E-state index contributed by atoms with van der Waals surface area (Å²) in [5.41, 5.74) is 3.02. The molecule has 0 atom stereocenters. The number of anilines is 1. The fourth-order valence-electron chi connectivity index (χ4n) is 3.64. The van der Waals surface area contributed by atoms with E-state index in [2.05, 4.69) is 34.7 Å². The molecule has 188 valence electrons. The number of aryl methyl sites for hydroxylation is 1. The highest BCUT2D eigenvalue weighted by Gasteiger charge is 2.27. The van der Waals surface area contributed by atoms with Crippen LogP contribution in [0.2, 0.25) is 0 Å². The van der Waals surface area contributed by atoms with Gasteiger partial charge in [0.2, 0.25) is 5.91 Å². The SMILES string of the molecule is CCc1c(-c2nnc(SCC(=O)Nc3sc(C(=O)N(C)C)c(C)c3C(=O)OC)n2CC)csc1C. The zero-order valence-electron chi connectivity index (χ0n) is 20.8. The van der Waals surface area contributed by atoms with E-state index >= 15 is 0 Å². The lowest BCUT2D eigenvalue weighted by molar-refractivity contribution is -0.113. The molecular weight excluding hydrogens is 506 g/mol. The van der Waals surface area contributed by atoms with Crippen LogP contribution < -0.4 is 5.32 Å². The fraction of sp³-hybridized carbons (Fsp3) is 0.435. The molecule has 0 unspecified atom stereocenters. The molecule has 3 aromatic rings. The number of nitrogens with zero attached hydrogens (tertiary/aromatic N) is 4. The van der Waals surface area contributed by atoms with Gasteiger partial charge in [0.1, 0.15) is 5.00 Å². The van der Waals surface area contributed by atoms with Gasteiger partial charge in [0.15, 0.2) is 11.0 Å². The molecule has 0 saturated heterocycles. The first-order valence-electron chi connectivity index (χ1n) is 11.0. The maximum atomic E-state index is 12.8. The van der Waals surface area contributed by atoms with Crippen LogP contribution in [0.1, 0.15) is 49.9 Å². The maximum Gasteiger partial charge on any atom is 0.341 e. The Morgan fingerprint density at radius 2 is 1.91 bits per heavy atom. The number of amides is 2. The summed E-state index contributed by atoms with van der Waals surface area (Å²) in [5, 5.41) is 14.6. The number of hydrogen-bond acceptors (Lipinski definition) is 9. The number of ether oxygens (including phenoxy) is 1. The summed E-state index contributed by atoms with van der Waals surface area (Å²) >= 11 is 4.03. The quantitative estimate of drug-likeness (QED) is 0.318. The van der Waals surface area contributed by atoms with Crippen LogP contribution in [-0.4, -0.2) is 64.4 Å². The predicted molar refractivity (Wildman–Crippen MR) is 141 cm³/mol. The van der Waals surface area contributed by atoms with E-state index in [0.717, 1.165) is 29.1 Å². The minimum absolute atomic E-state index is 0.0654. The molecule has 2 amide bonds.